The summed E-state index contributed by atoms with van der Waals surface area (Å²) >= 11 is 0. The van der Waals surface area contributed by atoms with E-state index >= 15 is 0 Å². The van der Waals surface area contributed by atoms with Gasteiger partial charge in [-0.15, -0.1) is 5.10 Å². The molecule has 1 aliphatic heterocycles. The lowest BCUT2D eigenvalue weighted by atomic mass is 10.0. The van der Waals surface area contributed by atoms with E-state index in [-0.39, 0.29) is 5.91 Å². The molecule has 7 nitrogen and oxygen atoms in total. The van der Waals surface area contributed by atoms with E-state index in [0.29, 0.717) is 24.0 Å². The molecule has 7 heteroatoms. The Balaban J connectivity index is 1.59. The van der Waals surface area contributed by atoms with Gasteiger partial charge >= 0.3 is 0 Å². The number of amides is 1. The molecule has 1 aromatic heterocycles. The minimum Gasteiger partial charge on any atom is -0.493 e. The molecular formula is C28H25N3O4. The van der Waals surface area contributed by atoms with Gasteiger partial charge in [0.15, 0.2) is 11.5 Å². The van der Waals surface area contributed by atoms with E-state index in [1.807, 2.05) is 85.8 Å². The number of pyridine rings is 1. The summed E-state index contributed by atoms with van der Waals surface area (Å²) in [5, 5.41) is 6.83. The van der Waals surface area contributed by atoms with Crippen molar-refractivity contribution in [2.75, 3.05) is 13.7 Å². The predicted octanol–water partition coefficient (Wildman–Crippen LogP) is 5.55. The standard InChI is InChI=1S/C28H25N3O4/c1-4-34-25-15-14-20(16-26(25)33-3)28-31(18(2)32)30-27(35-28)22-17-24(19-10-6-5-7-11-19)29-23-13-9-8-12-21(22)23/h5-17,28H,4H2,1-3H3/t28-/m1/s1. The number of para-hydroxylation sites is 1. The van der Waals surface area contributed by atoms with Crippen LogP contribution in [-0.4, -0.2) is 35.5 Å². The lowest BCUT2D eigenvalue weighted by Gasteiger charge is -2.20. The minimum absolute atomic E-state index is 0.237. The van der Waals surface area contributed by atoms with Gasteiger partial charge < -0.3 is 14.2 Å². The van der Waals surface area contributed by atoms with Crippen molar-refractivity contribution in [2.45, 2.75) is 20.1 Å². The maximum atomic E-state index is 12.6. The van der Waals surface area contributed by atoms with Crippen molar-refractivity contribution >= 4 is 22.7 Å². The number of benzene rings is 3. The van der Waals surface area contributed by atoms with Crippen molar-refractivity contribution in [3.05, 3.63) is 90.0 Å². The fourth-order valence-electron chi connectivity index (χ4n) is 4.11. The molecular weight excluding hydrogens is 442 g/mol. The molecule has 5 rings (SSSR count). The van der Waals surface area contributed by atoms with Crippen LogP contribution < -0.4 is 9.47 Å². The van der Waals surface area contributed by atoms with Crippen LogP contribution in [0.25, 0.3) is 22.2 Å². The van der Waals surface area contributed by atoms with Crippen LogP contribution >= 0.6 is 0 Å². The Morgan fingerprint density at radius 1 is 1.00 bits per heavy atom. The van der Waals surface area contributed by atoms with Crippen molar-refractivity contribution in [3.63, 3.8) is 0 Å². The maximum absolute atomic E-state index is 12.6. The molecule has 0 bridgehead atoms. The third-order valence-corrected chi connectivity index (χ3v) is 5.76. The van der Waals surface area contributed by atoms with E-state index in [0.717, 1.165) is 33.3 Å². The second kappa shape index (κ2) is 9.46. The van der Waals surface area contributed by atoms with Crippen LogP contribution in [0.5, 0.6) is 11.5 Å². The molecule has 1 aliphatic rings. The van der Waals surface area contributed by atoms with Crippen molar-refractivity contribution in [1.82, 2.24) is 9.99 Å². The van der Waals surface area contributed by atoms with Crippen LogP contribution in [-0.2, 0) is 9.53 Å². The van der Waals surface area contributed by atoms with E-state index in [2.05, 4.69) is 5.10 Å². The van der Waals surface area contributed by atoms with E-state index in [9.17, 15) is 4.79 Å². The first-order valence-corrected chi connectivity index (χ1v) is 11.4. The fraction of sp³-hybridized carbons (Fsp3) is 0.179. The van der Waals surface area contributed by atoms with Gasteiger partial charge in [-0.25, -0.2) is 4.98 Å². The summed E-state index contributed by atoms with van der Waals surface area (Å²) in [7, 11) is 1.58. The Kier molecular flexibility index (Phi) is 6.06. The molecule has 0 N–H and O–H groups in total. The summed E-state index contributed by atoms with van der Waals surface area (Å²) in [6, 6.07) is 25.2. The number of hydrogen-bond donors (Lipinski definition) is 0. The highest BCUT2D eigenvalue weighted by Gasteiger charge is 2.34. The summed E-state index contributed by atoms with van der Waals surface area (Å²) in [6.07, 6.45) is -0.737. The molecule has 0 saturated carbocycles. The monoisotopic (exact) mass is 467 g/mol. The summed E-state index contributed by atoms with van der Waals surface area (Å²) in [5.74, 6) is 1.30. The molecule has 0 fully saturated rings. The Hall–Kier alpha value is -4.39. The summed E-state index contributed by atoms with van der Waals surface area (Å²) in [5.41, 5.74) is 4.08. The zero-order valence-electron chi connectivity index (χ0n) is 19.8. The second-order valence-corrected chi connectivity index (χ2v) is 8.02. The summed E-state index contributed by atoms with van der Waals surface area (Å²) in [6.45, 7) is 3.89. The summed E-state index contributed by atoms with van der Waals surface area (Å²) in [4.78, 5) is 17.4. The van der Waals surface area contributed by atoms with Crippen molar-refractivity contribution in [1.29, 1.82) is 0 Å². The minimum atomic E-state index is -0.737. The van der Waals surface area contributed by atoms with Crippen LogP contribution in [0.2, 0.25) is 0 Å². The number of fused-ring (bicyclic) bond motifs is 1. The zero-order chi connectivity index (χ0) is 24.4. The third kappa shape index (κ3) is 4.28. The quantitative estimate of drug-likeness (QED) is 0.372. The molecule has 35 heavy (non-hydrogen) atoms. The van der Waals surface area contributed by atoms with Gasteiger partial charge in [-0.3, -0.25) is 4.79 Å². The van der Waals surface area contributed by atoms with Gasteiger partial charge in [0.2, 0.25) is 18.0 Å². The summed E-state index contributed by atoms with van der Waals surface area (Å²) < 4.78 is 17.5. The molecule has 3 aromatic carbocycles. The fourth-order valence-corrected chi connectivity index (χ4v) is 4.11. The number of ether oxygens (including phenoxy) is 3. The van der Waals surface area contributed by atoms with Crippen LogP contribution in [0.4, 0.5) is 0 Å². The van der Waals surface area contributed by atoms with Gasteiger partial charge in [0.1, 0.15) is 0 Å². The van der Waals surface area contributed by atoms with Gasteiger partial charge in [-0.2, -0.15) is 5.01 Å². The highest BCUT2D eigenvalue weighted by Crippen LogP contribution is 2.37. The first-order chi connectivity index (χ1) is 17.1. The van der Waals surface area contributed by atoms with Gasteiger partial charge in [-0.05, 0) is 37.3 Å². The predicted molar refractivity (Wildman–Crippen MR) is 134 cm³/mol. The molecule has 0 aliphatic carbocycles. The number of aromatic nitrogens is 1. The lowest BCUT2D eigenvalue weighted by molar-refractivity contribution is -0.135. The number of nitrogens with zero attached hydrogens (tertiary/aromatic N) is 3. The van der Waals surface area contributed by atoms with Crippen LogP contribution in [0.1, 0.15) is 31.2 Å². The molecule has 2 heterocycles. The largest absolute Gasteiger partial charge is 0.493 e. The highest BCUT2D eigenvalue weighted by atomic mass is 16.5. The van der Waals surface area contributed by atoms with Crippen molar-refractivity contribution in [2.24, 2.45) is 5.10 Å². The lowest BCUT2D eigenvalue weighted by Crippen LogP contribution is -2.25. The van der Waals surface area contributed by atoms with E-state index in [4.69, 9.17) is 19.2 Å². The SMILES string of the molecule is CCOc1ccc([C@H]2OC(c3cc(-c4ccccc4)nc4ccccc34)=NN2C(C)=O)cc1OC. The Bertz CT molecular complexity index is 1420. The number of methoxy groups -OCH3 is 1. The van der Waals surface area contributed by atoms with Crippen molar-refractivity contribution in [3.8, 4) is 22.8 Å². The maximum Gasteiger partial charge on any atom is 0.243 e. The molecule has 0 radical (unpaired) electrons. The third-order valence-electron chi connectivity index (χ3n) is 5.76. The molecule has 1 amide bonds. The highest BCUT2D eigenvalue weighted by molar-refractivity contribution is 6.08. The molecule has 4 aromatic rings. The Labute approximate surface area is 203 Å². The van der Waals surface area contributed by atoms with E-state index < -0.39 is 6.23 Å². The Morgan fingerprint density at radius 2 is 1.77 bits per heavy atom. The number of carbonyl (C=O) groups excluding carboxylic acids is 1. The van der Waals surface area contributed by atoms with Gasteiger partial charge in [-0.1, -0.05) is 48.5 Å². The Morgan fingerprint density at radius 3 is 2.51 bits per heavy atom. The van der Waals surface area contributed by atoms with Gasteiger partial charge in [0.25, 0.3) is 0 Å². The van der Waals surface area contributed by atoms with Crippen LogP contribution in [0.3, 0.4) is 0 Å². The van der Waals surface area contributed by atoms with Gasteiger partial charge in [0, 0.05) is 29.0 Å². The first-order valence-electron chi connectivity index (χ1n) is 11.4. The van der Waals surface area contributed by atoms with Crippen LogP contribution in [0, 0.1) is 0 Å². The molecule has 176 valence electrons. The molecule has 1 atom stereocenters. The average Bonchev–Trinajstić information content (AvgIpc) is 3.35. The normalized spacial score (nSPS) is 15.0. The molecule has 0 unspecified atom stereocenters. The number of hydrazone groups is 1. The topological polar surface area (TPSA) is 73.3 Å². The average molecular weight is 468 g/mol. The van der Waals surface area contributed by atoms with Gasteiger partial charge in [0.05, 0.1) is 24.9 Å². The molecule has 0 saturated heterocycles. The first kappa shape index (κ1) is 22.4. The zero-order valence-corrected chi connectivity index (χ0v) is 19.8. The smallest absolute Gasteiger partial charge is 0.243 e. The van der Waals surface area contributed by atoms with Crippen LogP contribution in [0.15, 0.2) is 84.0 Å². The second-order valence-electron chi connectivity index (χ2n) is 8.02. The number of rotatable bonds is 6. The van der Waals surface area contributed by atoms with E-state index in [1.165, 1.54) is 11.9 Å². The van der Waals surface area contributed by atoms with E-state index in [1.54, 1.807) is 7.11 Å². The number of hydrogen-bond acceptors (Lipinski definition) is 6. The van der Waals surface area contributed by atoms with Crippen molar-refractivity contribution < 1.29 is 19.0 Å². The molecule has 0 spiro atoms. The number of carbonyl (C=O) groups is 1.